The van der Waals surface area contributed by atoms with Gasteiger partial charge in [-0.15, -0.1) is 5.10 Å². The van der Waals surface area contributed by atoms with Gasteiger partial charge in [0.25, 0.3) is 0 Å². The second-order valence-corrected chi connectivity index (χ2v) is 9.38. The Hall–Kier alpha value is -4.09. The lowest BCUT2D eigenvalue weighted by molar-refractivity contribution is -0.385. The molecule has 34 heavy (non-hydrogen) atoms. The van der Waals surface area contributed by atoms with Crippen molar-refractivity contribution in [2.45, 2.75) is 16.7 Å². The molecule has 4 aromatic rings. The molecule has 0 saturated carbocycles. The second-order valence-electron chi connectivity index (χ2n) is 6.99. The number of halogens is 1. The van der Waals surface area contributed by atoms with E-state index in [0.29, 0.717) is 10.7 Å². The number of hydrogen-bond acceptors (Lipinski definition) is 8. The predicted octanol–water partition coefficient (Wildman–Crippen LogP) is 4.19. The molecule has 0 fully saturated rings. The number of para-hydroxylation sites is 1. The van der Waals surface area contributed by atoms with Gasteiger partial charge in [-0.3, -0.25) is 10.1 Å². The molecule has 0 unspecified atom stereocenters. The Morgan fingerprint density at radius 2 is 1.65 bits per heavy atom. The van der Waals surface area contributed by atoms with Crippen LogP contribution >= 0.6 is 11.6 Å². The van der Waals surface area contributed by atoms with Crippen molar-refractivity contribution in [1.29, 1.82) is 0 Å². The average molecular weight is 499 g/mol. The quantitative estimate of drug-likeness (QED) is 0.167. The van der Waals surface area contributed by atoms with E-state index in [2.05, 4.69) is 10.2 Å². The Labute approximate surface area is 198 Å². The van der Waals surface area contributed by atoms with Gasteiger partial charge >= 0.3 is 11.7 Å². The van der Waals surface area contributed by atoms with Crippen molar-refractivity contribution in [3.8, 4) is 11.4 Å². The molecule has 1 aromatic heterocycles. The molecule has 0 spiro atoms. The monoisotopic (exact) mass is 498 g/mol. The second kappa shape index (κ2) is 9.04. The van der Waals surface area contributed by atoms with E-state index in [1.54, 1.807) is 30.3 Å². The third-order valence-corrected chi connectivity index (χ3v) is 6.75. The Morgan fingerprint density at radius 1 is 1.00 bits per heavy atom. The van der Waals surface area contributed by atoms with E-state index in [1.807, 2.05) is 0 Å². The highest BCUT2D eigenvalue weighted by atomic mass is 35.5. The van der Waals surface area contributed by atoms with Gasteiger partial charge in [-0.05, 0) is 49.4 Å². The van der Waals surface area contributed by atoms with E-state index in [1.165, 1.54) is 36.0 Å². The molecule has 12 heteroatoms. The van der Waals surface area contributed by atoms with Gasteiger partial charge in [-0.25, -0.2) is 13.2 Å². The molecule has 0 saturated heterocycles. The van der Waals surface area contributed by atoms with E-state index in [-0.39, 0.29) is 21.2 Å². The Morgan fingerprint density at radius 3 is 2.29 bits per heavy atom. The summed E-state index contributed by atoms with van der Waals surface area (Å²) < 4.78 is 31.2. The summed E-state index contributed by atoms with van der Waals surface area (Å²) in [5, 5.41) is 20.1. The fourth-order valence-electron chi connectivity index (χ4n) is 3.04. The summed E-state index contributed by atoms with van der Waals surface area (Å²) in [4.78, 5) is 24.3. The number of ether oxygens (including phenoxy) is 1. The van der Waals surface area contributed by atoms with Crippen molar-refractivity contribution in [3.63, 3.8) is 0 Å². The standard InChI is InChI=1S/C22H15ClN4O6S/c1-14-21(25-26(24-14)16-5-3-2-4-6-16)22(28)33-20-13-18(11-12-19(20)27(29)30)34(31,32)17-9-7-15(23)8-10-17/h2-13H,1H3. The molecular formula is C22H15ClN4O6S. The minimum Gasteiger partial charge on any atom is -0.414 e. The molecule has 172 valence electrons. The minimum atomic E-state index is -4.07. The Balaban J connectivity index is 1.70. The van der Waals surface area contributed by atoms with Crippen molar-refractivity contribution >= 4 is 33.1 Å². The molecule has 10 nitrogen and oxygen atoms in total. The number of hydrogen-bond donors (Lipinski definition) is 0. The van der Waals surface area contributed by atoms with E-state index < -0.39 is 32.2 Å². The number of aryl methyl sites for hydroxylation is 1. The summed E-state index contributed by atoms with van der Waals surface area (Å²) in [5.41, 5.74) is 0.0498. The fourth-order valence-corrected chi connectivity index (χ4v) is 4.44. The number of benzene rings is 3. The first-order valence-electron chi connectivity index (χ1n) is 9.67. The topological polar surface area (TPSA) is 134 Å². The average Bonchev–Trinajstić information content (AvgIpc) is 3.21. The SMILES string of the molecule is Cc1nn(-c2ccccc2)nc1C(=O)Oc1cc(S(=O)(=O)c2ccc(Cl)cc2)ccc1[N+](=O)[O-]. The maximum Gasteiger partial charge on any atom is 0.366 e. The normalized spacial score (nSPS) is 11.2. The zero-order valence-corrected chi connectivity index (χ0v) is 19.0. The highest BCUT2D eigenvalue weighted by Gasteiger charge is 2.27. The van der Waals surface area contributed by atoms with Crippen LogP contribution in [-0.4, -0.2) is 34.3 Å². The predicted molar refractivity (Wildman–Crippen MR) is 121 cm³/mol. The summed E-state index contributed by atoms with van der Waals surface area (Å²) in [6.07, 6.45) is 0. The van der Waals surface area contributed by atoms with Gasteiger partial charge < -0.3 is 4.74 Å². The lowest BCUT2D eigenvalue weighted by Gasteiger charge is -2.08. The number of aromatic nitrogens is 3. The number of sulfone groups is 1. The van der Waals surface area contributed by atoms with Crippen molar-refractivity contribution in [2.75, 3.05) is 0 Å². The molecule has 3 aromatic carbocycles. The minimum absolute atomic E-state index is 0.0790. The first kappa shape index (κ1) is 23.1. The molecule has 0 amide bonds. The van der Waals surface area contributed by atoms with Crippen LogP contribution in [0, 0.1) is 17.0 Å². The van der Waals surface area contributed by atoms with Crippen molar-refractivity contribution in [3.05, 3.63) is 99.3 Å². The van der Waals surface area contributed by atoms with Crippen LogP contribution in [-0.2, 0) is 9.84 Å². The van der Waals surface area contributed by atoms with Crippen LogP contribution < -0.4 is 4.74 Å². The summed E-state index contributed by atoms with van der Waals surface area (Å²) >= 11 is 5.82. The van der Waals surface area contributed by atoms with Gasteiger partial charge in [0, 0.05) is 17.2 Å². The molecule has 0 atom stereocenters. The third-order valence-electron chi connectivity index (χ3n) is 4.73. The van der Waals surface area contributed by atoms with E-state index in [0.717, 1.165) is 18.2 Å². The fraction of sp³-hybridized carbons (Fsp3) is 0.0455. The van der Waals surface area contributed by atoms with Crippen LogP contribution in [0.1, 0.15) is 16.2 Å². The molecular weight excluding hydrogens is 484 g/mol. The molecule has 0 radical (unpaired) electrons. The van der Waals surface area contributed by atoms with Gasteiger partial charge in [0.15, 0.2) is 5.69 Å². The van der Waals surface area contributed by atoms with Crippen molar-refractivity contribution in [1.82, 2.24) is 15.0 Å². The lowest BCUT2D eigenvalue weighted by Crippen LogP contribution is -2.13. The van der Waals surface area contributed by atoms with E-state index in [9.17, 15) is 23.3 Å². The van der Waals surface area contributed by atoms with E-state index >= 15 is 0 Å². The van der Waals surface area contributed by atoms with Crippen LogP contribution in [0.2, 0.25) is 5.02 Å². The Kier molecular flexibility index (Phi) is 6.14. The van der Waals surface area contributed by atoms with Crippen LogP contribution in [0.3, 0.4) is 0 Å². The molecule has 0 aliphatic carbocycles. The molecule has 0 N–H and O–H groups in total. The number of carbonyl (C=O) groups excluding carboxylic acids is 1. The number of nitrogens with zero attached hydrogens (tertiary/aromatic N) is 4. The largest absolute Gasteiger partial charge is 0.414 e. The number of esters is 1. The summed E-state index contributed by atoms with van der Waals surface area (Å²) in [6.45, 7) is 1.53. The first-order chi connectivity index (χ1) is 16.2. The van der Waals surface area contributed by atoms with Crippen molar-refractivity contribution in [2.24, 2.45) is 0 Å². The Bertz CT molecular complexity index is 1500. The summed E-state index contributed by atoms with van der Waals surface area (Å²) in [6, 6.07) is 17.1. The van der Waals surface area contributed by atoms with Crippen LogP contribution in [0.4, 0.5) is 5.69 Å². The number of nitro groups is 1. The van der Waals surface area contributed by atoms with Gasteiger partial charge in [0.2, 0.25) is 15.6 Å². The molecule has 4 rings (SSSR count). The van der Waals surface area contributed by atoms with Gasteiger partial charge in [-0.2, -0.15) is 9.90 Å². The van der Waals surface area contributed by atoms with Crippen LogP contribution in [0.15, 0.2) is 82.6 Å². The molecule has 1 heterocycles. The molecule has 0 aliphatic rings. The molecule has 0 aliphatic heterocycles. The van der Waals surface area contributed by atoms with E-state index in [4.69, 9.17) is 16.3 Å². The maximum atomic E-state index is 13.0. The summed E-state index contributed by atoms with van der Waals surface area (Å²) in [7, 11) is -4.07. The molecule has 0 bridgehead atoms. The first-order valence-corrected chi connectivity index (χ1v) is 11.5. The highest BCUT2D eigenvalue weighted by molar-refractivity contribution is 7.91. The number of rotatable bonds is 6. The third kappa shape index (κ3) is 4.51. The maximum absolute atomic E-state index is 13.0. The van der Waals surface area contributed by atoms with Crippen LogP contribution in [0.25, 0.3) is 5.69 Å². The van der Waals surface area contributed by atoms with Crippen molar-refractivity contribution < 1.29 is 22.9 Å². The van der Waals surface area contributed by atoms with Gasteiger partial charge in [0.1, 0.15) is 0 Å². The van der Waals surface area contributed by atoms with Gasteiger partial charge in [0.05, 0.1) is 26.1 Å². The number of nitro benzene ring substituents is 1. The van der Waals surface area contributed by atoms with Crippen LogP contribution in [0.5, 0.6) is 5.75 Å². The highest BCUT2D eigenvalue weighted by Crippen LogP contribution is 2.33. The zero-order chi connectivity index (χ0) is 24.5. The lowest BCUT2D eigenvalue weighted by atomic mass is 10.3. The summed E-state index contributed by atoms with van der Waals surface area (Å²) in [5.74, 6) is -1.57. The number of carbonyl (C=O) groups is 1. The zero-order valence-electron chi connectivity index (χ0n) is 17.5. The smallest absolute Gasteiger partial charge is 0.366 e. The van der Waals surface area contributed by atoms with Gasteiger partial charge in [-0.1, -0.05) is 29.8 Å².